The Bertz CT molecular complexity index is 883. The topological polar surface area (TPSA) is 84.9 Å². The third kappa shape index (κ3) is 4.88. The number of rotatable bonds is 8. The van der Waals surface area contributed by atoms with Crippen LogP contribution < -0.4 is 14.8 Å². The van der Waals surface area contributed by atoms with Gasteiger partial charge in [0.2, 0.25) is 5.91 Å². The van der Waals surface area contributed by atoms with Crippen LogP contribution in [0, 0.1) is 0 Å². The van der Waals surface area contributed by atoms with Crippen LogP contribution in [0.3, 0.4) is 0 Å². The molecular formula is C16H19ClN2O5S2. The molecule has 0 radical (unpaired) electrons. The van der Waals surface area contributed by atoms with E-state index < -0.39 is 15.9 Å². The number of carbonyl (C=O) groups excluding carboxylic acids is 1. The SMILES string of the molecule is COc1ccc(OC)c(CNC(=O)CN(C)S(=O)(=O)c2ccc(Cl)s2)c1. The molecule has 7 nitrogen and oxygen atoms in total. The Labute approximate surface area is 161 Å². The van der Waals surface area contributed by atoms with Crippen molar-refractivity contribution in [2.75, 3.05) is 27.8 Å². The molecule has 1 N–H and O–H groups in total. The Hall–Kier alpha value is -1.81. The summed E-state index contributed by atoms with van der Waals surface area (Å²) in [5.74, 6) is 0.785. The van der Waals surface area contributed by atoms with Crippen molar-refractivity contribution < 1.29 is 22.7 Å². The number of halogens is 1. The lowest BCUT2D eigenvalue weighted by Crippen LogP contribution is -2.37. The van der Waals surface area contributed by atoms with E-state index in [1.807, 2.05) is 0 Å². The van der Waals surface area contributed by atoms with Gasteiger partial charge < -0.3 is 14.8 Å². The van der Waals surface area contributed by atoms with Gasteiger partial charge in [-0.3, -0.25) is 4.79 Å². The molecule has 2 rings (SSSR count). The first-order valence-electron chi connectivity index (χ1n) is 7.47. The van der Waals surface area contributed by atoms with Crippen LogP contribution in [-0.4, -0.2) is 46.4 Å². The zero-order valence-corrected chi connectivity index (χ0v) is 16.9. The number of hydrogen-bond acceptors (Lipinski definition) is 6. The van der Waals surface area contributed by atoms with Gasteiger partial charge in [0.25, 0.3) is 10.0 Å². The maximum absolute atomic E-state index is 12.4. The van der Waals surface area contributed by atoms with E-state index >= 15 is 0 Å². The summed E-state index contributed by atoms with van der Waals surface area (Å²) in [5.41, 5.74) is 0.718. The predicted molar refractivity (Wildman–Crippen MR) is 101 cm³/mol. The van der Waals surface area contributed by atoms with Crippen molar-refractivity contribution in [1.29, 1.82) is 0 Å². The van der Waals surface area contributed by atoms with Crippen molar-refractivity contribution in [3.8, 4) is 11.5 Å². The molecule has 0 bridgehead atoms. The minimum Gasteiger partial charge on any atom is -0.497 e. The van der Waals surface area contributed by atoms with Gasteiger partial charge in [-0.2, -0.15) is 4.31 Å². The molecule has 0 aliphatic carbocycles. The molecule has 0 fully saturated rings. The fourth-order valence-corrected chi connectivity index (χ4v) is 4.97. The molecule has 0 spiro atoms. The molecule has 1 heterocycles. The van der Waals surface area contributed by atoms with E-state index in [4.69, 9.17) is 21.1 Å². The molecule has 1 aromatic heterocycles. The van der Waals surface area contributed by atoms with Crippen molar-refractivity contribution in [2.45, 2.75) is 10.8 Å². The molecule has 142 valence electrons. The third-order valence-corrected chi connectivity index (χ3v) is 7.04. The lowest BCUT2D eigenvalue weighted by Gasteiger charge is -2.16. The van der Waals surface area contributed by atoms with E-state index in [0.29, 0.717) is 15.8 Å². The first-order chi connectivity index (χ1) is 12.3. The van der Waals surface area contributed by atoms with Gasteiger partial charge in [-0.05, 0) is 30.3 Å². The minimum absolute atomic E-state index is 0.0901. The quantitative estimate of drug-likeness (QED) is 0.711. The van der Waals surface area contributed by atoms with E-state index in [9.17, 15) is 13.2 Å². The van der Waals surface area contributed by atoms with Crippen molar-refractivity contribution >= 4 is 38.9 Å². The van der Waals surface area contributed by atoms with Crippen molar-refractivity contribution in [3.63, 3.8) is 0 Å². The number of nitrogens with one attached hydrogen (secondary N) is 1. The first-order valence-corrected chi connectivity index (χ1v) is 10.1. The van der Waals surface area contributed by atoms with Crippen LogP contribution in [-0.2, 0) is 21.4 Å². The van der Waals surface area contributed by atoms with Crippen molar-refractivity contribution in [3.05, 3.63) is 40.2 Å². The number of nitrogens with zero attached hydrogens (tertiary/aromatic N) is 1. The number of likely N-dealkylation sites (N-methyl/N-ethyl adjacent to an activating group) is 1. The van der Waals surface area contributed by atoms with Crippen LogP contribution in [0.2, 0.25) is 4.34 Å². The van der Waals surface area contributed by atoms with E-state index in [0.717, 1.165) is 21.2 Å². The highest BCUT2D eigenvalue weighted by Gasteiger charge is 2.24. The fourth-order valence-electron chi connectivity index (χ4n) is 2.15. The molecule has 0 unspecified atom stereocenters. The Balaban J connectivity index is 2.01. The molecule has 0 aliphatic rings. The summed E-state index contributed by atoms with van der Waals surface area (Å²) in [4.78, 5) is 12.2. The van der Waals surface area contributed by atoms with E-state index in [2.05, 4.69) is 5.32 Å². The molecule has 0 saturated carbocycles. The Morgan fingerprint density at radius 1 is 1.23 bits per heavy atom. The average molecular weight is 419 g/mol. The number of thiophene rings is 1. The highest BCUT2D eigenvalue weighted by molar-refractivity contribution is 7.91. The van der Waals surface area contributed by atoms with Crippen LogP contribution in [0.5, 0.6) is 11.5 Å². The molecule has 0 saturated heterocycles. The number of amides is 1. The predicted octanol–water partition coefficient (Wildman–Crippen LogP) is 2.36. The van der Waals surface area contributed by atoms with Crippen LogP contribution >= 0.6 is 22.9 Å². The highest BCUT2D eigenvalue weighted by atomic mass is 35.5. The fraction of sp³-hybridized carbons (Fsp3) is 0.312. The van der Waals surface area contributed by atoms with E-state index in [1.165, 1.54) is 26.3 Å². The normalized spacial score (nSPS) is 11.4. The molecule has 0 atom stereocenters. The largest absolute Gasteiger partial charge is 0.497 e. The second-order valence-corrected chi connectivity index (χ2v) is 9.26. The highest BCUT2D eigenvalue weighted by Crippen LogP contribution is 2.27. The second kappa shape index (κ2) is 8.72. The van der Waals surface area contributed by atoms with Gasteiger partial charge in [0.1, 0.15) is 15.7 Å². The summed E-state index contributed by atoms with van der Waals surface area (Å²) in [7, 11) is 0.654. The minimum atomic E-state index is -3.76. The molecule has 10 heteroatoms. The van der Waals surface area contributed by atoms with Gasteiger partial charge in [-0.15, -0.1) is 11.3 Å². The molecule has 1 aromatic carbocycles. The Morgan fingerprint density at radius 2 is 1.96 bits per heavy atom. The number of benzene rings is 1. The van der Waals surface area contributed by atoms with Crippen LogP contribution in [0.15, 0.2) is 34.5 Å². The third-order valence-electron chi connectivity index (χ3n) is 3.54. The number of hydrogen-bond donors (Lipinski definition) is 1. The maximum atomic E-state index is 12.4. The summed E-state index contributed by atoms with van der Waals surface area (Å²) < 4.78 is 36.6. The van der Waals surface area contributed by atoms with Gasteiger partial charge in [0.15, 0.2) is 0 Å². The summed E-state index contributed by atoms with van der Waals surface area (Å²) in [6, 6.07) is 8.14. The van der Waals surface area contributed by atoms with Crippen LogP contribution in [0.1, 0.15) is 5.56 Å². The number of sulfonamides is 1. The molecule has 2 aromatic rings. The molecule has 26 heavy (non-hydrogen) atoms. The number of carbonyl (C=O) groups is 1. The van der Waals surface area contributed by atoms with Crippen molar-refractivity contribution in [1.82, 2.24) is 9.62 Å². The first kappa shape index (κ1) is 20.5. The molecular weight excluding hydrogens is 400 g/mol. The summed E-state index contributed by atoms with van der Waals surface area (Å²) in [6.45, 7) is -0.137. The second-order valence-electron chi connectivity index (χ2n) is 5.27. The number of methoxy groups -OCH3 is 2. The van der Waals surface area contributed by atoms with Crippen LogP contribution in [0.4, 0.5) is 0 Å². The summed E-state index contributed by atoms with van der Waals surface area (Å²) >= 11 is 6.72. The average Bonchev–Trinajstić information content (AvgIpc) is 3.06. The van der Waals surface area contributed by atoms with Gasteiger partial charge in [0, 0.05) is 19.2 Å². The lowest BCUT2D eigenvalue weighted by molar-refractivity contribution is -0.121. The van der Waals surface area contributed by atoms with Gasteiger partial charge in [0.05, 0.1) is 25.1 Å². The lowest BCUT2D eigenvalue weighted by atomic mass is 10.2. The van der Waals surface area contributed by atoms with Gasteiger partial charge >= 0.3 is 0 Å². The van der Waals surface area contributed by atoms with Gasteiger partial charge in [-0.25, -0.2) is 8.42 Å². The summed E-state index contributed by atoms with van der Waals surface area (Å²) in [5, 5.41) is 2.68. The zero-order chi connectivity index (χ0) is 19.3. The van der Waals surface area contributed by atoms with Gasteiger partial charge in [-0.1, -0.05) is 11.6 Å². The smallest absolute Gasteiger partial charge is 0.252 e. The summed E-state index contributed by atoms with van der Waals surface area (Å²) in [6.07, 6.45) is 0. The van der Waals surface area contributed by atoms with E-state index in [-0.39, 0.29) is 17.3 Å². The Morgan fingerprint density at radius 3 is 2.54 bits per heavy atom. The zero-order valence-electron chi connectivity index (χ0n) is 14.5. The molecule has 0 aliphatic heterocycles. The number of ether oxygens (including phenoxy) is 2. The molecule has 1 amide bonds. The monoisotopic (exact) mass is 418 g/mol. The van der Waals surface area contributed by atoms with Crippen molar-refractivity contribution in [2.24, 2.45) is 0 Å². The standard InChI is InChI=1S/C16H19ClN2O5S2/c1-19(26(21,22)16-7-6-14(17)25-16)10-15(20)18-9-11-8-12(23-2)4-5-13(11)24-3/h4-8H,9-10H2,1-3H3,(H,18,20). The van der Waals surface area contributed by atoms with Crippen LogP contribution in [0.25, 0.3) is 0 Å². The maximum Gasteiger partial charge on any atom is 0.252 e. The Kier molecular flexibility index (Phi) is 6.87. The van der Waals surface area contributed by atoms with E-state index in [1.54, 1.807) is 25.3 Å².